The first-order valence-corrected chi connectivity index (χ1v) is 5.36. The highest BCUT2D eigenvalue weighted by molar-refractivity contribution is 6.02. The van der Waals surface area contributed by atoms with E-state index in [2.05, 4.69) is 0 Å². The molecule has 92 valence electrons. The molecule has 2 nitrogen and oxygen atoms in total. The maximum Gasteiger partial charge on any atom is 0.197 e. The average molecular weight is 244 g/mol. The first kappa shape index (κ1) is 12.1. The molecule has 2 rings (SSSR count). The Morgan fingerprint density at radius 3 is 2.29 bits per heavy atom. The minimum atomic E-state index is -1.68. The maximum atomic E-state index is 13.4. The Labute approximate surface area is 96.1 Å². The summed E-state index contributed by atoms with van der Waals surface area (Å²) in [5.74, 6) is -5.43. The van der Waals surface area contributed by atoms with E-state index >= 15 is 0 Å². The quantitative estimate of drug-likeness (QED) is 0.641. The molecule has 0 radical (unpaired) electrons. The third kappa shape index (κ3) is 1.95. The Morgan fingerprint density at radius 1 is 1.12 bits per heavy atom. The standard InChI is InChI=1S/C12H11F3O2/c13-8-4-3-7(9(14)10(8)15)11(16)12(17)5-1-2-6-12/h3-4,17H,1-2,5-6H2. The van der Waals surface area contributed by atoms with Gasteiger partial charge in [-0.15, -0.1) is 0 Å². The molecule has 1 aromatic rings. The summed E-state index contributed by atoms with van der Waals surface area (Å²) >= 11 is 0. The van der Waals surface area contributed by atoms with Crippen molar-refractivity contribution in [3.63, 3.8) is 0 Å². The SMILES string of the molecule is O=C(c1ccc(F)c(F)c1F)C1(O)CCCC1. The van der Waals surface area contributed by atoms with Crippen LogP contribution >= 0.6 is 0 Å². The molecular weight excluding hydrogens is 233 g/mol. The van der Waals surface area contributed by atoms with Gasteiger partial charge in [0.25, 0.3) is 0 Å². The molecule has 1 aliphatic rings. The summed E-state index contributed by atoms with van der Waals surface area (Å²) in [6.45, 7) is 0. The van der Waals surface area contributed by atoms with Gasteiger partial charge in [0.05, 0.1) is 5.56 Å². The van der Waals surface area contributed by atoms with E-state index in [1.54, 1.807) is 0 Å². The monoisotopic (exact) mass is 244 g/mol. The van der Waals surface area contributed by atoms with Crippen molar-refractivity contribution in [2.24, 2.45) is 0 Å². The number of carbonyl (C=O) groups is 1. The summed E-state index contributed by atoms with van der Waals surface area (Å²) in [4.78, 5) is 11.9. The first-order valence-electron chi connectivity index (χ1n) is 5.36. The zero-order valence-corrected chi connectivity index (χ0v) is 8.97. The number of rotatable bonds is 2. The van der Waals surface area contributed by atoms with Crippen molar-refractivity contribution in [3.8, 4) is 0 Å². The molecule has 1 saturated carbocycles. The van der Waals surface area contributed by atoms with Crippen LogP contribution in [0.5, 0.6) is 0 Å². The minimum absolute atomic E-state index is 0.226. The van der Waals surface area contributed by atoms with Gasteiger partial charge in [-0.3, -0.25) is 4.79 Å². The molecule has 0 spiro atoms. The van der Waals surface area contributed by atoms with Crippen LogP contribution in [0, 0.1) is 17.5 Å². The van der Waals surface area contributed by atoms with E-state index in [1.807, 2.05) is 0 Å². The summed E-state index contributed by atoms with van der Waals surface area (Å²) in [5, 5.41) is 9.97. The van der Waals surface area contributed by atoms with Crippen LogP contribution < -0.4 is 0 Å². The molecule has 1 aliphatic carbocycles. The van der Waals surface area contributed by atoms with Gasteiger partial charge in [0, 0.05) is 0 Å². The lowest BCUT2D eigenvalue weighted by Crippen LogP contribution is -2.36. The van der Waals surface area contributed by atoms with Crippen molar-refractivity contribution >= 4 is 5.78 Å². The number of carbonyl (C=O) groups excluding carboxylic acids is 1. The molecule has 0 heterocycles. The Kier molecular flexibility index (Phi) is 2.95. The molecule has 0 amide bonds. The summed E-state index contributed by atoms with van der Waals surface area (Å²) < 4.78 is 39.1. The van der Waals surface area contributed by atoms with Gasteiger partial charge in [0.15, 0.2) is 23.2 Å². The molecule has 17 heavy (non-hydrogen) atoms. The van der Waals surface area contributed by atoms with Gasteiger partial charge in [-0.1, -0.05) is 0 Å². The lowest BCUT2D eigenvalue weighted by atomic mass is 9.91. The topological polar surface area (TPSA) is 37.3 Å². The molecule has 1 fully saturated rings. The number of ketones is 1. The molecule has 1 aromatic carbocycles. The van der Waals surface area contributed by atoms with E-state index in [9.17, 15) is 23.1 Å². The van der Waals surface area contributed by atoms with Crippen molar-refractivity contribution in [3.05, 3.63) is 35.1 Å². The van der Waals surface area contributed by atoms with E-state index < -0.39 is 34.4 Å². The highest BCUT2D eigenvalue weighted by atomic mass is 19.2. The summed E-state index contributed by atoms with van der Waals surface area (Å²) in [6, 6.07) is 1.55. The highest BCUT2D eigenvalue weighted by Gasteiger charge is 2.40. The molecule has 1 N–H and O–H groups in total. The fourth-order valence-corrected chi connectivity index (χ4v) is 2.14. The number of benzene rings is 1. The van der Waals surface area contributed by atoms with Crippen molar-refractivity contribution in [1.82, 2.24) is 0 Å². The van der Waals surface area contributed by atoms with Crippen LogP contribution in [0.4, 0.5) is 13.2 Å². The van der Waals surface area contributed by atoms with Crippen LogP contribution in [0.3, 0.4) is 0 Å². The van der Waals surface area contributed by atoms with E-state index in [0.717, 1.165) is 6.07 Å². The summed E-state index contributed by atoms with van der Waals surface area (Å²) in [6.07, 6.45) is 1.77. The Morgan fingerprint density at radius 2 is 1.71 bits per heavy atom. The van der Waals surface area contributed by atoms with Crippen LogP contribution in [-0.4, -0.2) is 16.5 Å². The van der Waals surface area contributed by atoms with Crippen molar-refractivity contribution in [2.45, 2.75) is 31.3 Å². The Hall–Kier alpha value is -1.36. The Balaban J connectivity index is 2.41. The van der Waals surface area contributed by atoms with Gasteiger partial charge < -0.3 is 5.11 Å². The number of halogens is 3. The fourth-order valence-electron chi connectivity index (χ4n) is 2.14. The minimum Gasteiger partial charge on any atom is -0.382 e. The predicted molar refractivity (Wildman–Crippen MR) is 54.1 cm³/mol. The molecule has 0 atom stereocenters. The van der Waals surface area contributed by atoms with Gasteiger partial charge >= 0.3 is 0 Å². The summed E-state index contributed by atoms with van der Waals surface area (Å²) in [5.41, 5.74) is -2.22. The van der Waals surface area contributed by atoms with E-state index in [0.29, 0.717) is 18.9 Å². The van der Waals surface area contributed by atoms with Crippen LogP contribution in [-0.2, 0) is 0 Å². The third-order valence-electron chi connectivity index (χ3n) is 3.13. The summed E-state index contributed by atoms with van der Waals surface area (Å²) in [7, 11) is 0. The second kappa shape index (κ2) is 4.14. The van der Waals surface area contributed by atoms with Crippen molar-refractivity contribution in [2.75, 3.05) is 0 Å². The van der Waals surface area contributed by atoms with E-state index in [-0.39, 0.29) is 12.8 Å². The molecule has 0 unspecified atom stereocenters. The van der Waals surface area contributed by atoms with Crippen LogP contribution in [0.2, 0.25) is 0 Å². The molecular formula is C12H11F3O2. The number of hydrogen-bond donors (Lipinski definition) is 1. The largest absolute Gasteiger partial charge is 0.382 e. The molecule has 0 bridgehead atoms. The molecule has 0 aromatic heterocycles. The van der Waals surface area contributed by atoms with Gasteiger partial charge in [-0.05, 0) is 37.8 Å². The van der Waals surface area contributed by atoms with Crippen molar-refractivity contribution < 1.29 is 23.1 Å². The van der Waals surface area contributed by atoms with Crippen LogP contribution in [0.25, 0.3) is 0 Å². The van der Waals surface area contributed by atoms with Crippen molar-refractivity contribution in [1.29, 1.82) is 0 Å². The fraction of sp³-hybridized carbons (Fsp3) is 0.417. The van der Waals surface area contributed by atoms with Gasteiger partial charge in [0.1, 0.15) is 5.60 Å². The maximum absolute atomic E-state index is 13.4. The van der Waals surface area contributed by atoms with E-state index in [4.69, 9.17) is 0 Å². The van der Waals surface area contributed by atoms with Crippen LogP contribution in [0.15, 0.2) is 12.1 Å². The molecule has 0 saturated heterocycles. The number of hydrogen-bond acceptors (Lipinski definition) is 2. The smallest absolute Gasteiger partial charge is 0.197 e. The second-order valence-corrected chi connectivity index (χ2v) is 4.29. The molecule has 5 heteroatoms. The first-order chi connectivity index (χ1) is 7.96. The zero-order valence-electron chi connectivity index (χ0n) is 8.97. The number of aliphatic hydroxyl groups is 1. The van der Waals surface area contributed by atoms with Crippen LogP contribution in [0.1, 0.15) is 36.0 Å². The van der Waals surface area contributed by atoms with Gasteiger partial charge in [-0.2, -0.15) is 0 Å². The normalized spacial score (nSPS) is 18.4. The van der Waals surface area contributed by atoms with Gasteiger partial charge in [-0.25, -0.2) is 13.2 Å². The lowest BCUT2D eigenvalue weighted by Gasteiger charge is -2.20. The zero-order chi connectivity index (χ0) is 12.6. The average Bonchev–Trinajstić information content (AvgIpc) is 2.74. The molecule has 0 aliphatic heterocycles. The highest BCUT2D eigenvalue weighted by Crippen LogP contribution is 2.33. The Bertz CT molecular complexity index is 465. The van der Waals surface area contributed by atoms with E-state index in [1.165, 1.54) is 0 Å². The van der Waals surface area contributed by atoms with Gasteiger partial charge in [0.2, 0.25) is 0 Å². The number of Topliss-reactive ketones (excluding diaryl/α,β-unsaturated/α-hetero) is 1. The second-order valence-electron chi connectivity index (χ2n) is 4.29. The predicted octanol–water partition coefficient (Wildman–Crippen LogP) is 2.59. The lowest BCUT2D eigenvalue weighted by molar-refractivity contribution is 0.0348. The third-order valence-corrected chi connectivity index (χ3v) is 3.13.